The van der Waals surface area contributed by atoms with Crippen LogP contribution in [0.15, 0.2) is 6.07 Å². The van der Waals surface area contributed by atoms with E-state index in [2.05, 4.69) is 18.3 Å². The zero-order chi connectivity index (χ0) is 14.0. The second kappa shape index (κ2) is 5.70. The van der Waals surface area contributed by atoms with Crippen LogP contribution in [0.5, 0.6) is 17.2 Å². The van der Waals surface area contributed by atoms with Crippen LogP contribution in [0.2, 0.25) is 0 Å². The molecule has 1 N–H and O–H groups in total. The van der Waals surface area contributed by atoms with Crippen molar-refractivity contribution in [1.29, 1.82) is 0 Å². The Kier molecular flexibility index (Phi) is 4.20. The zero-order valence-electron chi connectivity index (χ0n) is 12.4. The smallest absolute Gasteiger partial charge is 0.203 e. The van der Waals surface area contributed by atoms with Gasteiger partial charge in [-0.25, -0.2) is 0 Å². The van der Waals surface area contributed by atoms with Gasteiger partial charge < -0.3 is 19.5 Å². The largest absolute Gasteiger partial charge is 0.493 e. The normalized spacial score (nSPS) is 21.7. The number of hydrogen-bond acceptors (Lipinski definition) is 4. The molecule has 4 nitrogen and oxygen atoms in total. The zero-order valence-corrected chi connectivity index (χ0v) is 12.4. The number of ether oxygens (including phenoxy) is 3. The van der Waals surface area contributed by atoms with Crippen molar-refractivity contribution in [3.63, 3.8) is 0 Å². The lowest BCUT2D eigenvalue weighted by Crippen LogP contribution is -2.23. The molecular weight excluding hydrogens is 242 g/mol. The molecule has 1 aromatic rings. The Hall–Kier alpha value is -1.42. The average molecular weight is 265 g/mol. The molecule has 4 heteroatoms. The summed E-state index contributed by atoms with van der Waals surface area (Å²) >= 11 is 0. The summed E-state index contributed by atoms with van der Waals surface area (Å²) < 4.78 is 16.5. The highest BCUT2D eigenvalue weighted by atomic mass is 16.5. The van der Waals surface area contributed by atoms with E-state index in [1.807, 2.05) is 7.05 Å². The van der Waals surface area contributed by atoms with Gasteiger partial charge in [-0.15, -0.1) is 0 Å². The van der Waals surface area contributed by atoms with Gasteiger partial charge in [-0.1, -0.05) is 6.92 Å². The Bertz CT molecular complexity index is 459. The molecule has 0 amide bonds. The number of methoxy groups -OCH3 is 3. The highest BCUT2D eigenvalue weighted by molar-refractivity contribution is 5.61. The van der Waals surface area contributed by atoms with Gasteiger partial charge in [0.15, 0.2) is 11.5 Å². The molecule has 0 radical (unpaired) electrons. The van der Waals surface area contributed by atoms with Crippen LogP contribution in [0.1, 0.15) is 42.9 Å². The van der Waals surface area contributed by atoms with Gasteiger partial charge in [-0.2, -0.15) is 0 Å². The fourth-order valence-electron chi connectivity index (χ4n) is 3.01. The molecule has 0 aliphatic heterocycles. The van der Waals surface area contributed by atoms with Gasteiger partial charge >= 0.3 is 0 Å². The standard InChI is InChI=1S/C15H23NO3/c1-9-6-7-11(16-2)10-8-12(17-3)14(18-4)15(19-5)13(9)10/h8-9,11,16H,6-7H2,1-5H3. The van der Waals surface area contributed by atoms with Gasteiger partial charge in [0, 0.05) is 11.6 Å². The van der Waals surface area contributed by atoms with Crippen LogP contribution < -0.4 is 19.5 Å². The van der Waals surface area contributed by atoms with Gasteiger partial charge in [0.05, 0.1) is 21.3 Å². The van der Waals surface area contributed by atoms with Crippen molar-refractivity contribution in [1.82, 2.24) is 5.32 Å². The maximum Gasteiger partial charge on any atom is 0.203 e. The molecule has 1 aliphatic carbocycles. The molecule has 106 valence electrons. The average Bonchev–Trinajstić information content (AvgIpc) is 2.45. The Labute approximate surface area is 115 Å². The van der Waals surface area contributed by atoms with Gasteiger partial charge in [0.2, 0.25) is 5.75 Å². The SMILES string of the molecule is CNC1CCC(C)c2c1cc(OC)c(OC)c2OC. The van der Waals surface area contributed by atoms with Gasteiger partial charge in [-0.05, 0) is 37.4 Å². The van der Waals surface area contributed by atoms with E-state index >= 15 is 0 Å². The summed E-state index contributed by atoms with van der Waals surface area (Å²) in [5.74, 6) is 2.69. The molecule has 0 aromatic heterocycles. The third kappa shape index (κ3) is 2.25. The summed E-state index contributed by atoms with van der Waals surface area (Å²) in [7, 11) is 6.99. The first-order chi connectivity index (χ1) is 9.17. The van der Waals surface area contributed by atoms with Gasteiger partial charge in [0.1, 0.15) is 0 Å². The second-order valence-electron chi connectivity index (χ2n) is 4.97. The Balaban J connectivity index is 2.69. The molecule has 19 heavy (non-hydrogen) atoms. The number of rotatable bonds is 4. The Morgan fingerprint density at radius 3 is 2.26 bits per heavy atom. The lowest BCUT2D eigenvalue weighted by Gasteiger charge is -2.32. The highest BCUT2D eigenvalue weighted by Gasteiger charge is 2.31. The van der Waals surface area contributed by atoms with Crippen LogP contribution in [0, 0.1) is 0 Å². The van der Waals surface area contributed by atoms with Crippen molar-refractivity contribution >= 4 is 0 Å². The number of hydrogen-bond donors (Lipinski definition) is 1. The van der Waals surface area contributed by atoms with E-state index in [-0.39, 0.29) is 0 Å². The van der Waals surface area contributed by atoms with Crippen LogP contribution in [-0.2, 0) is 0 Å². The number of nitrogens with one attached hydrogen (secondary N) is 1. The topological polar surface area (TPSA) is 39.7 Å². The molecule has 1 aliphatic rings. The van der Waals surface area contributed by atoms with E-state index in [9.17, 15) is 0 Å². The summed E-state index contributed by atoms with van der Waals surface area (Å²) in [6, 6.07) is 2.42. The predicted octanol–water partition coefficient (Wildman–Crippen LogP) is 2.87. The molecule has 0 saturated carbocycles. The second-order valence-corrected chi connectivity index (χ2v) is 4.97. The van der Waals surface area contributed by atoms with E-state index < -0.39 is 0 Å². The van der Waals surface area contributed by atoms with Gasteiger partial charge in [0.25, 0.3) is 0 Å². The summed E-state index contributed by atoms with van der Waals surface area (Å²) in [5, 5.41) is 3.37. The van der Waals surface area contributed by atoms with Crippen molar-refractivity contribution in [3.05, 3.63) is 17.2 Å². The summed E-state index contributed by atoms with van der Waals surface area (Å²) in [6.07, 6.45) is 2.27. The molecule has 1 aromatic carbocycles. The highest BCUT2D eigenvalue weighted by Crippen LogP contribution is 2.50. The lowest BCUT2D eigenvalue weighted by atomic mass is 9.80. The minimum atomic E-state index is 0.347. The minimum Gasteiger partial charge on any atom is -0.493 e. The van der Waals surface area contributed by atoms with Crippen molar-refractivity contribution < 1.29 is 14.2 Å². The predicted molar refractivity (Wildman–Crippen MR) is 75.5 cm³/mol. The summed E-state index contributed by atoms with van der Waals surface area (Å²) in [6.45, 7) is 2.24. The van der Waals surface area contributed by atoms with E-state index in [1.54, 1.807) is 21.3 Å². The lowest BCUT2D eigenvalue weighted by molar-refractivity contribution is 0.314. The summed E-state index contributed by atoms with van der Waals surface area (Å²) in [5.41, 5.74) is 2.50. The van der Waals surface area contributed by atoms with Crippen molar-refractivity contribution in [2.24, 2.45) is 0 Å². The van der Waals surface area contributed by atoms with Crippen LogP contribution in [0.25, 0.3) is 0 Å². The molecule has 0 saturated heterocycles. The molecule has 0 bridgehead atoms. The van der Waals surface area contributed by atoms with Gasteiger partial charge in [-0.3, -0.25) is 0 Å². The minimum absolute atomic E-state index is 0.347. The molecule has 0 spiro atoms. The van der Waals surface area contributed by atoms with Crippen LogP contribution in [-0.4, -0.2) is 28.4 Å². The van der Waals surface area contributed by atoms with E-state index in [1.165, 1.54) is 11.1 Å². The van der Waals surface area contributed by atoms with Crippen LogP contribution in [0.3, 0.4) is 0 Å². The number of fused-ring (bicyclic) bond motifs is 1. The maximum absolute atomic E-state index is 5.61. The Morgan fingerprint density at radius 2 is 1.74 bits per heavy atom. The fraction of sp³-hybridized carbons (Fsp3) is 0.600. The van der Waals surface area contributed by atoms with Crippen LogP contribution >= 0.6 is 0 Å². The first-order valence-electron chi connectivity index (χ1n) is 6.67. The van der Waals surface area contributed by atoms with Crippen molar-refractivity contribution in [2.75, 3.05) is 28.4 Å². The first kappa shape index (κ1) is 14.0. The number of benzene rings is 1. The van der Waals surface area contributed by atoms with Crippen LogP contribution in [0.4, 0.5) is 0 Å². The quantitative estimate of drug-likeness (QED) is 0.908. The molecule has 0 heterocycles. The first-order valence-corrected chi connectivity index (χ1v) is 6.67. The van der Waals surface area contributed by atoms with E-state index in [0.29, 0.717) is 17.7 Å². The van der Waals surface area contributed by atoms with Crippen molar-refractivity contribution in [3.8, 4) is 17.2 Å². The third-order valence-corrected chi connectivity index (χ3v) is 4.01. The Morgan fingerprint density at radius 1 is 1.05 bits per heavy atom. The molecule has 0 fully saturated rings. The molecule has 2 rings (SSSR count). The van der Waals surface area contributed by atoms with E-state index in [4.69, 9.17) is 14.2 Å². The van der Waals surface area contributed by atoms with E-state index in [0.717, 1.165) is 24.3 Å². The monoisotopic (exact) mass is 265 g/mol. The van der Waals surface area contributed by atoms with Crippen molar-refractivity contribution in [2.45, 2.75) is 31.7 Å². The molecule has 2 atom stereocenters. The fourth-order valence-corrected chi connectivity index (χ4v) is 3.01. The summed E-state index contributed by atoms with van der Waals surface area (Å²) in [4.78, 5) is 0. The molecule has 2 unspecified atom stereocenters. The molecular formula is C15H23NO3. The third-order valence-electron chi connectivity index (χ3n) is 4.01. The maximum atomic E-state index is 5.61.